The monoisotopic (exact) mass is 389 g/mol. The summed E-state index contributed by atoms with van der Waals surface area (Å²) in [6, 6.07) is 25.3. The Morgan fingerprint density at radius 3 is 2.21 bits per heavy atom. The number of hydrogen-bond donors (Lipinski definition) is 0. The summed E-state index contributed by atoms with van der Waals surface area (Å²) in [6.07, 6.45) is 0. The van der Waals surface area contributed by atoms with Gasteiger partial charge in [-0.15, -0.1) is 0 Å². The standard InChI is InChI=1S/C21H15N3O3S/c25-21(23-28(26)27)20-22-18-8-4-5-9-19(18)24(20)14-15-10-12-17(13-11-15)16-6-2-1-3-7-16/h1-13H,14H2. The van der Waals surface area contributed by atoms with E-state index in [1.807, 2.05) is 72.8 Å². The quantitative estimate of drug-likeness (QED) is 0.529. The molecule has 4 aromatic rings. The summed E-state index contributed by atoms with van der Waals surface area (Å²) in [5.41, 5.74) is 4.52. The normalized spacial score (nSPS) is 10.7. The van der Waals surface area contributed by atoms with E-state index >= 15 is 0 Å². The zero-order valence-electron chi connectivity index (χ0n) is 14.7. The van der Waals surface area contributed by atoms with Crippen LogP contribution in [0.4, 0.5) is 0 Å². The third-order valence-electron chi connectivity index (χ3n) is 4.41. The lowest BCUT2D eigenvalue weighted by Gasteiger charge is -2.08. The molecule has 0 N–H and O–H groups in total. The molecule has 0 saturated carbocycles. The Labute approximate surface area is 162 Å². The molecule has 138 valence electrons. The molecule has 28 heavy (non-hydrogen) atoms. The van der Waals surface area contributed by atoms with Crippen molar-refractivity contribution >= 4 is 27.4 Å². The van der Waals surface area contributed by atoms with Gasteiger partial charge in [-0.25, -0.2) is 4.98 Å². The second-order valence-corrected chi connectivity index (χ2v) is 6.80. The number of amides is 1. The Morgan fingerprint density at radius 2 is 1.50 bits per heavy atom. The van der Waals surface area contributed by atoms with Crippen LogP contribution in [0.3, 0.4) is 0 Å². The van der Waals surface area contributed by atoms with Gasteiger partial charge in [-0.05, 0) is 28.8 Å². The van der Waals surface area contributed by atoms with Gasteiger partial charge in [-0.2, -0.15) is 8.42 Å². The van der Waals surface area contributed by atoms with E-state index in [0.717, 1.165) is 22.2 Å². The summed E-state index contributed by atoms with van der Waals surface area (Å²) in [6.45, 7) is 0.373. The Balaban J connectivity index is 1.73. The Hall–Kier alpha value is -3.58. The number of hydrogen-bond acceptors (Lipinski definition) is 4. The molecule has 1 aromatic heterocycles. The van der Waals surface area contributed by atoms with Crippen LogP contribution in [0.15, 0.2) is 83.2 Å². The van der Waals surface area contributed by atoms with E-state index < -0.39 is 16.4 Å². The summed E-state index contributed by atoms with van der Waals surface area (Å²) < 4.78 is 26.4. The van der Waals surface area contributed by atoms with Gasteiger partial charge in [0, 0.05) is 6.54 Å². The summed E-state index contributed by atoms with van der Waals surface area (Å²) in [5.74, 6) is -0.886. The maximum Gasteiger partial charge on any atom is 0.327 e. The van der Waals surface area contributed by atoms with Gasteiger partial charge in [0.05, 0.1) is 11.0 Å². The van der Waals surface area contributed by atoms with Crippen LogP contribution in [0, 0.1) is 0 Å². The van der Waals surface area contributed by atoms with Crippen LogP contribution in [0.1, 0.15) is 16.2 Å². The molecule has 0 unspecified atom stereocenters. The van der Waals surface area contributed by atoms with E-state index in [-0.39, 0.29) is 5.82 Å². The number of carbonyl (C=O) groups is 1. The Morgan fingerprint density at radius 1 is 0.857 bits per heavy atom. The summed E-state index contributed by atoms with van der Waals surface area (Å²) in [5, 5.41) is 0. The van der Waals surface area contributed by atoms with Crippen LogP contribution in [0.25, 0.3) is 22.2 Å². The van der Waals surface area contributed by atoms with Crippen LogP contribution in [-0.4, -0.2) is 23.9 Å². The molecule has 7 heteroatoms. The van der Waals surface area contributed by atoms with Crippen LogP contribution < -0.4 is 0 Å². The molecule has 0 saturated heterocycles. The molecule has 0 atom stereocenters. The topological polar surface area (TPSA) is 81.4 Å². The summed E-state index contributed by atoms with van der Waals surface area (Å²) in [4.78, 5) is 16.5. The van der Waals surface area contributed by atoms with Gasteiger partial charge in [0.2, 0.25) is 5.82 Å². The van der Waals surface area contributed by atoms with E-state index in [2.05, 4.69) is 9.35 Å². The van der Waals surface area contributed by atoms with E-state index in [0.29, 0.717) is 12.1 Å². The fraction of sp³-hybridized carbons (Fsp3) is 0.0476. The molecule has 4 rings (SSSR count). The number of nitrogens with zero attached hydrogens (tertiary/aromatic N) is 3. The maximum absolute atomic E-state index is 12.2. The van der Waals surface area contributed by atoms with Gasteiger partial charge in [0.1, 0.15) is 0 Å². The van der Waals surface area contributed by atoms with Gasteiger partial charge in [-0.1, -0.05) is 71.1 Å². The fourth-order valence-electron chi connectivity index (χ4n) is 3.12. The van der Waals surface area contributed by atoms with Crippen molar-refractivity contribution in [3.8, 4) is 11.1 Å². The van der Waals surface area contributed by atoms with Crippen molar-refractivity contribution < 1.29 is 13.2 Å². The van der Waals surface area contributed by atoms with E-state index in [1.165, 1.54) is 0 Å². The molecule has 1 heterocycles. The first-order valence-corrected chi connectivity index (χ1v) is 9.60. The average Bonchev–Trinajstić information content (AvgIpc) is 3.07. The van der Waals surface area contributed by atoms with Gasteiger partial charge >= 0.3 is 16.4 Å². The van der Waals surface area contributed by atoms with Crippen molar-refractivity contribution in [3.05, 3.63) is 90.3 Å². The number of rotatable bonds is 4. The highest BCUT2D eigenvalue weighted by molar-refractivity contribution is 7.62. The fourth-order valence-corrected chi connectivity index (χ4v) is 3.34. The van der Waals surface area contributed by atoms with Crippen LogP contribution in [0.2, 0.25) is 0 Å². The number of aromatic nitrogens is 2. The molecule has 0 fully saturated rings. The van der Waals surface area contributed by atoms with Crippen molar-refractivity contribution in [2.45, 2.75) is 6.54 Å². The molecule has 0 radical (unpaired) electrons. The first kappa shape index (κ1) is 17.8. The highest BCUT2D eigenvalue weighted by atomic mass is 32.2. The Kier molecular flexibility index (Phi) is 4.82. The van der Waals surface area contributed by atoms with Crippen LogP contribution in [-0.2, 0) is 17.0 Å². The second-order valence-electron chi connectivity index (χ2n) is 6.19. The SMILES string of the molecule is O=C(N=S(=O)=O)c1nc2ccccc2n1Cc1ccc(-c2ccccc2)cc1. The minimum absolute atomic E-state index is 0.00228. The zero-order valence-corrected chi connectivity index (χ0v) is 15.5. The molecule has 3 aromatic carbocycles. The van der Waals surface area contributed by atoms with Crippen molar-refractivity contribution in [1.82, 2.24) is 9.55 Å². The molecule has 0 aliphatic carbocycles. The third-order valence-corrected chi connectivity index (χ3v) is 4.72. The van der Waals surface area contributed by atoms with Gasteiger partial charge in [0.25, 0.3) is 0 Å². The highest BCUT2D eigenvalue weighted by Crippen LogP contribution is 2.22. The lowest BCUT2D eigenvalue weighted by atomic mass is 10.0. The average molecular weight is 389 g/mol. The van der Waals surface area contributed by atoms with Crippen molar-refractivity contribution in [2.75, 3.05) is 0 Å². The number of benzene rings is 3. The number of para-hydroxylation sites is 2. The largest absolute Gasteiger partial charge is 0.327 e. The number of imidazole rings is 1. The van der Waals surface area contributed by atoms with Crippen LogP contribution >= 0.6 is 0 Å². The minimum atomic E-state index is -2.82. The minimum Gasteiger partial charge on any atom is -0.315 e. The zero-order chi connectivity index (χ0) is 19.5. The van der Waals surface area contributed by atoms with Gasteiger partial charge in [-0.3, -0.25) is 4.79 Å². The van der Waals surface area contributed by atoms with Gasteiger partial charge < -0.3 is 4.57 Å². The molecule has 1 amide bonds. The molecule has 6 nitrogen and oxygen atoms in total. The first-order chi connectivity index (χ1) is 13.6. The summed E-state index contributed by atoms with van der Waals surface area (Å²) >= 11 is 0. The van der Waals surface area contributed by atoms with Crippen LogP contribution in [0.5, 0.6) is 0 Å². The summed E-state index contributed by atoms with van der Waals surface area (Å²) in [7, 11) is -2.82. The third kappa shape index (κ3) is 3.60. The predicted octanol–water partition coefficient (Wildman–Crippen LogP) is 3.95. The molecule has 0 aliphatic heterocycles. The molecule has 0 spiro atoms. The number of fused-ring (bicyclic) bond motifs is 1. The van der Waals surface area contributed by atoms with Crippen molar-refractivity contribution in [3.63, 3.8) is 0 Å². The first-order valence-electron chi connectivity index (χ1n) is 8.57. The highest BCUT2D eigenvalue weighted by Gasteiger charge is 2.17. The van der Waals surface area contributed by atoms with E-state index in [9.17, 15) is 13.2 Å². The maximum atomic E-state index is 12.2. The lowest BCUT2D eigenvalue weighted by Crippen LogP contribution is -2.09. The predicted molar refractivity (Wildman–Crippen MR) is 106 cm³/mol. The molecule has 0 aliphatic rings. The molecule has 0 bridgehead atoms. The smallest absolute Gasteiger partial charge is 0.315 e. The lowest BCUT2D eigenvalue weighted by molar-refractivity contribution is 0.0992. The Bertz CT molecular complexity index is 1280. The van der Waals surface area contributed by atoms with Crippen molar-refractivity contribution in [2.24, 2.45) is 4.36 Å². The van der Waals surface area contributed by atoms with Crippen molar-refractivity contribution in [1.29, 1.82) is 0 Å². The second kappa shape index (κ2) is 7.58. The number of carbonyl (C=O) groups excluding carboxylic acids is 1. The van der Waals surface area contributed by atoms with E-state index in [1.54, 1.807) is 10.6 Å². The van der Waals surface area contributed by atoms with Gasteiger partial charge in [0.15, 0.2) is 0 Å². The molecular formula is C21H15N3O3S. The van der Waals surface area contributed by atoms with E-state index in [4.69, 9.17) is 0 Å². The molecular weight excluding hydrogens is 374 g/mol.